The van der Waals surface area contributed by atoms with Crippen molar-refractivity contribution in [1.29, 1.82) is 0 Å². The van der Waals surface area contributed by atoms with Crippen LogP contribution in [0.1, 0.15) is 11.3 Å². The first-order valence-electron chi connectivity index (χ1n) is 5.69. The van der Waals surface area contributed by atoms with Gasteiger partial charge in [-0.15, -0.1) is 0 Å². The largest absolute Gasteiger partial charge is 0.508 e. The number of rotatable bonds is 1. The number of phenols is 1. The number of hydrogen-bond donors (Lipinski definition) is 2. The molecule has 88 valence electrons. The van der Waals surface area contributed by atoms with E-state index >= 15 is 0 Å². The molecule has 0 saturated heterocycles. The van der Waals surface area contributed by atoms with Gasteiger partial charge in [-0.1, -0.05) is 0 Å². The topological polar surface area (TPSA) is 54.4 Å². The lowest BCUT2D eigenvalue weighted by atomic mass is 10.0. The summed E-state index contributed by atoms with van der Waals surface area (Å²) in [5.74, 6) is 1.11. The van der Waals surface area contributed by atoms with Gasteiger partial charge in [-0.3, -0.25) is 4.98 Å². The van der Waals surface area contributed by atoms with E-state index in [2.05, 4.69) is 10.3 Å². The van der Waals surface area contributed by atoms with Crippen molar-refractivity contribution in [2.24, 2.45) is 0 Å². The van der Waals surface area contributed by atoms with Crippen molar-refractivity contribution in [3.8, 4) is 11.5 Å². The van der Waals surface area contributed by atoms with Crippen LogP contribution in [0.25, 0.3) is 10.9 Å². The van der Waals surface area contributed by atoms with Crippen LogP contribution >= 0.6 is 0 Å². The van der Waals surface area contributed by atoms with Gasteiger partial charge in [0.1, 0.15) is 11.5 Å². The molecule has 0 saturated carbocycles. The Balaban J connectivity index is 2.34. The predicted molar refractivity (Wildman–Crippen MR) is 65.4 cm³/mol. The molecule has 4 nitrogen and oxygen atoms in total. The molecule has 0 bridgehead atoms. The van der Waals surface area contributed by atoms with Gasteiger partial charge < -0.3 is 15.2 Å². The van der Waals surface area contributed by atoms with Gasteiger partial charge in [-0.25, -0.2) is 0 Å². The fourth-order valence-corrected chi connectivity index (χ4v) is 2.35. The van der Waals surface area contributed by atoms with Crippen LogP contribution in [-0.4, -0.2) is 23.7 Å². The minimum absolute atomic E-state index is 0.237. The third-order valence-electron chi connectivity index (χ3n) is 3.15. The van der Waals surface area contributed by atoms with E-state index in [1.54, 1.807) is 19.2 Å². The Morgan fingerprint density at radius 2 is 2.29 bits per heavy atom. The summed E-state index contributed by atoms with van der Waals surface area (Å²) in [5.41, 5.74) is 3.00. The van der Waals surface area contributed by atoms with Gasteiger partial charge in [0.25, 0.3) is 0 Å². The third kappa shape index (κ3) is 1.61. The number of benzene rings is 1. The van der Waals surface area contributed by atoms with Gasteiger partial charge in [-0.2, -0.15) is 0 Å². The molecule has 17 heavy (non-hydrogen) atoms. The summed E-state index contributed by atoms with van der Waals surface area (Å²) in [6.45, 7) is 1.73. The van der Waals surface area contributed by atoms with E-state index < -0.39 is 0 Å². The summed E-state index contributed by atoms with van der Waals surface area (Å²) in [6, 6.07) is 5.20. The van der Waals surface area contributed by atoms with Crippen LogP contribution in [0, 0.1) is 0 Å². The third-order valence-corrected chi connectivity index (χ3v) is 3.15. The van der Waals surface area contributed by atoms with E-state index in [9.17, 15) is 5.11 Å². The van der Waals surface area contributed by atoms with E-state index in [4.69, 9.17) is 4.74 Å². The zero-order chi connectivity index (χ0) is 11.8. The standard InChI is InChI=1S/C13H14N2O2/c1-17-13-9-3-2-8(16)6-12(9)15-11-4-5-14-7-10(11)13/h2-3,6,14,16H,4-5,7H2,1H3. The first kappa shape index (κ1) is 10.4. The van der Waals surface area contributed by atoms with Gasteiger partial charge in [0.15, 0.2) is 0 Å². The fourth-order valence-electron chi connectivity index (χ4n) is 2.35. The maximum atomic E-state index is 9.50. The fraction of sp³-hybridized carbons (Fsp3) is 0.308. The van der Waals surface area contributed by atoms with E-state index in [-0.39, 0.29) is 5.75 Å². The van der Waals surface area contributed by atoms with Crippen LogP contribution in [0.15, 0.2) is 18.2 Å². The normalized spacial score (nSPS) is 14.6. The van der Waals surface area contributed by atoms with E-state index in [1.165, 1.54) is 0 Å². The molecule has 0 radical (unpaired) electrons. The van der Waals surface area contributed by atoms with Gasteiger partial charge in [0, 0.05) is 36.5 Å². The van der Waals surface area contributed by atoms with Crippen molar-refractivity contribution in [2.45, 2.75) is 13.0 Å². The molecule has 0 spiro atoms. The summed E-state index contributed by atoms with van der Waals surface area (Å²) in [7, 11) is 1.68. The Hall–Kier alpha value is -1.81. The summed E-state index contributed by atoms with van der Waals surface area (Å²) >= 11 is 0. The second-order valence-corrected chi connectivity index (χ2v) is 4.20. The molecule has 0 amide bonds. The van der Waals surface area contributed by atoms with Gasteiger partial charge in [0.2, 0.25) is 0 Å². The number of nitrogens with one attached hydrogen (secondary N) is 1. The highest BCUT2D eigenvalue weighted by atomic mass is 16.5. The number of hydrogen-bond acceptors (Lipinski definition) is 4. The van der Waals surface area contributed by atoms with Crippen LogP contribution < -0.4 is 10.1 Å². The first-order chi connectivity index (χ1) is 8.29. The van der Waals surface area contributed by atoms with Crippen molar-refractivity contribution in [3.63, 3.8) is 0 Å². The molecule has 0 aliphatic carbocycles. The zero-order valence-corrected chi connectivity index (χ0v) is 9.66. The minimum atomic E-state index is 0.237. The number of ether oxygens (including phenoxy) is 1. The highest BCUT2D eigenvalue weighted by Crippen LogP contribution is 2.33. The molecule has 0 fully saturated rings. The Morgan fingerprint density at radius 1 is 1.41 bits per heavy atom. The van der Waals surface area contributed by atoms with Gasteiger partial charge in [0.05, 0.1) is 18.3 Å². The lowest BCUT2D eigenvalue weighted by molar-refractivity contribution is 0.408. The summed E-state index contributed by atoms with van der Waals surface area (Å²) in [4.78, 5) is 4.61. The highest BCUT2D eigenvalue weighted by molar-refractivity contribution is 5.88. The number of aromatic nitrogens is 1. The summed E-state index contributed by atoms with van der Waals surface area (Å²) in [5, 5.41) is 13.8. The maximum Gasteiger partial charge on any atom is 0.134 e. The van der Waals surface area contributed by atoms with Crippen molar-refractivity contribution in [2.75, 3.05) is 13.7 Å². The van der Waals surface area contributed by atoms with Crippen LogP contribution in [0.3, 0.4) is 0 Å². The Kier molecular flexibility index (Phi) is 2.37. The Labute approximate surface area is 99.2 Å². The van der Waals surface area contributed by atoms with Crippen molar-refractivity contribution < 1.29 is 9.84 Å². The minimum Gasteiger partial charge on any atom is -0.508 e. The number of methoxy groups -OCH3 is 1. The average Bonchev–Trinajstić information content (AvgIpc) is 2.35. The Bertz CT molecular complexity index is 581. The molecule has 1 aromatic heterocycles. The molecular formula is C13H14N2O2. The van der Waals surface area contributed by atoms with Gasteiger partial charge >= 0.3 is 0 Å². The molecule has 1 aliphatic heterocycles. The molecule has 1 aliphatic rings. The molecule has 2 aromatic rings. The lowest BCUT2D eigenvalue weighted by Gasteiger charge is -2.20. The lowest BCUT2D eigenvalue weighted by Crippen LogP contribution is -2.25. The maximum absolute atomic E-state index is 9.50. The molecule has 2 N–H and O–H groups in total. The zero-order valence-electron chi connectivity index (χ0n) is 9.66. The average molecular weight is 230 g/mol. The quantitative estimate of drug-likeness (QED) is 0.781. The second-order valence-electron chi connectivity index (χ2n) is 4.20. The molecule has 0 atom stereocenters. The van der Waals surface area contributed by atoms with E-state index in [1.807, 2.05) is 6.07 Å². The number of aromatic hydroxyl groups is 1. The van der Waals surface area contributed by atoms with Crippen molar-refractivity contribution in [1.82, 2.24) is 10.3 Å². The van der Waals surface area contributed by atoms with E-state index in [0.717, 1.165) is 47.4 Å². The number of phenolic OH excluding ortho intramolecular Hbond substituents is 1. The summed E-state index contributed by atoms with van der Waals surface area (Å²) < 4.78 is 5.50. The smallest absolute Gasteiger partial charge is 0.134 e. The Morgan fingerprint density at radius 3 is 3.12 bits per heavy atom. The molecule has 2 heterocycles. The first-order valence-corrected chi connectivity index (χ1v) is 5.69. The molecule has 0 unspecified atom stereocenters. The molecule has 1 aromatic carbocycles. The highest BCUT2D eigenvalue weighted by Gasteiger charge is 2.18. The second kappa shape index (κ2) is 3.89. The SMILES string of the molecule is COc1c2c(nc3cc(O)ccc13)CCNC2. The van der Waals surface area contributed by atoms with Gasteiger partial charge in [-0.05, 0) is 12.1 Å². The number of fused-ring (bicyclic) bond motifs is 2. The monoisotopic (exact) mass is 230 g/mol. The number of pyridine rings is 1. The van der Waals surface area contributed by atoms with Crippen LogP contribution in [0.4, 0.5) is 0 Å². The van der Waals surface area contributed by atoms with Crippen LogP contribution in [0.5, 0.6) is 11.5 Å². The van der Waals surface area contributed by atoms with Crippen LogP contribution in [0.2, 0.25) is 0 Å². The van der Waals surface area contributed by atoms with Crippen molar-refractivity contribution >= 4 is 10.9 Å². The molecule has 3 rings (SSSR count). The molecule has 4 heteroatoms. The van der Waals surface area contributed by atoms with E-state index in [0.29, 0.717) is 0 Å². The van der Waals surface area contributed by atoms with Crippen molar-refractivity contribution in [3.05, 3.63) is 29.5 Å². The molecular weight excluding hydrogens is 216 g/mol. The van der Waals surface area contributed by atoms with Crippen LogP contribution in [-0.2, 0) is 13.0 Å². The predicted octanol–water partition coefficient (Wildman–Crippen LogP) is 1.59. The summed E-state index contributed by atoms with van der Waals surface area (Å²) in [6.07, 6.45) is 0.900. The number of nitrogens with zero attached hydrogens (tertiary/aromatic N) is 1.